The molecule has 0 radical (unpaired) electrons. The van der Waals surface area contributed by atoms with Crippen molar-refractivity contribution in [2.75, 3.05) is 12.8 Å². The first-order valence-electron chi connectivity index (χ1n) is 5.78. The zero-order chi connectivity index (χ0) is 13.5. The molecule has 1 rings (SSSR count). The van der Waals surface area contributed by atoms with Crippen LogP contribution >= 0.6 is 12.4 Å². The maximum Gasteiger partial charge on any atom is 0.328 e. The number of hydrogen-bond donors (Lipinski definition) is 2. The average molecular weight is 287 g/mol. The number of esters is 1. The second-order valence-electron chi connectivity index (χ2n) is 3.97. The molecule has 0 heterocycles. The maximum absolute atomic E-state index is 11.7. The summed E-state index contributed by atoms with van der Waals surface area (Å²) in [5.74, 6) is -0.639. The number of benzene rings is 1. The fraction of sp³-hybridized carbons (Fsp3) is 0.385. The Balaban J connectivity index is 0.00000324. The van der Waals surface area contributed by atoms with E-state index in [-0.39, 0.29) is 24.7 Å². The first-order chi connectivity index (χ1) is 8.56. The van der Waals surface area contributed by atoms with E-state index in [4.69, 9.17) is 5.73 Å². The number of rotatable bonds is 5. The summed E-state index contributed by atoms with van der Waals surface area (Å²) in [4.78, 5) is 23.1. The predicted octanol–water partition coefficient (Wildman–Crippen LogP) is 1.30. The Hall–Kier alpha value is -1.75. The Bertz CT molecular complexity index is 420. The van der Waals surface area contributed by atoms with Crippen molar-refractivity contribution in [3.63, 3.8) is 0 Å². The summed E-state index contributed by atoms with van der Waals surface area (Å²) in [5, 5.41) is 2.64. The maximum atomic E-state index is 11.7. The normalized spacial score (nSPS) is 11.1. The van der Waals surface area contributed by atoms with Gasteiger partial charge in [-0.2, -0.15) is 0 Å². The minimum atomic E-state index is -0.587. The molecule has 1 unspecified atom stereocenters. The zero-order valence-corrected chi connectivity index (χ0v) is 11.8. The van der Waals surface area contributed by atoms with Gasteiger partial charge in [0, 0.05) is 5.69 Å². The second kappa shape index (κ2) is 8.37. The number of nitrogens with one attached hydrogen (secondary N) is 1. The molecule has 106 valence electrons. The van der Waals surface area contributed by atoms with E-state index in [1.165, 1.54) is 7.11 Å². The van der Waals surface area contributed by atoms with Gasteiger partial charge in [0.25, 0.3) is 0 Å². The molecule has 1 amide bonds. The Morgan fingerprint density at radius 2 is 1.89 bits per heavy atom. The van der Waals surface area contributed by atoms with Gasteiger partial charge < -0.3 is 15.8 Å². The van der Waals surface area contributed by atoms with Crippen LogP contribution in [0, 0.1) is 0 Å². The van der Waals surface area contributed by atoms with Crippen molar-refractivity contribution >= 4 is 30.0 Å². The van der Waals surface area contributed by atoms with E-state index in [1.54, 1.807) is 24.3 Å². The molecule has 0 saturated heterocycles. The lowest BCUT2D eigenvalue weighted by Gasteiger charge is -2.14. The lowest BCUT2D eigenvalue weighted by Crippen LogP contribution is -2.41. The van der Waals surface area contributed by atoms with Gasteiger partial charge in [-0.25, -0.2) is 4.79 Å². The predicted molar refractivity (Wildman–Crippen MR) is 76.0 cm³/mol. The number of nitrogens with two attached hydrogens (primary N) is 1. The van der Waals surface area contributed by atoms with Crippen LogP contribution in [-0.4, -0.2) is 25.0 Å². The first kappa shape index (κ1) is 17.2. The van der Waals surface area contributed by atoms with Gasteiger partial charge in [-0.3, -0.25) is 4.79 Å². The summed E-state index contributed by atoms with van der Waals surface area (Å²) in [6.07, 6.45) is 0.716. The van der Waals surface area contributed by atoms with E-state index in [0.29, 0.717) is 12.1 Å². The van der Waals surface area contributed by atoms with Crippen molar-refractivity contribution in [2.24, 2.45) is 0 Å². The van der Waals surface area contributed by atoms with Crippen LogP contribution in [0.5, 0.6) is 0 Å². The first-order valence-corrected chi connectivity index (χ1v) is 5.78. The Labute approximate surface area is 118 Å². The molecular weight excluding hydrogens is 268 g/mol. The lowest BCUT2D eigenvalue weighted by atomic mass is 10.1. The van der Waals surface area contributed by atoms with Crippen LogP contribution in [0.3, 0.4) is 0 Å². The Morgan fingerprint density at radius 3 is 2.37 bits per heavy atom. The highest BCUT2D eigenvalue weighted by Crippen LogP contribution is 2.06. The monoisotopic (exact) mass is 286 g/mol. The number of amides is 1. The van der Waals surface area contributed by atoms with E-state index in [1.807, 2.05) is 6.92 Å². The van der Waals surface area contributed by atoms with Crippen molar-refractivity contribution in [3.05, 3.63) is 29.8 Å². The highest BCUT2D eigenvalue weighted by Gasteiger charge is 2.19. The Morgan fingerprint density at radius 1 is 1.32 bits per heavy atom. The van der Waals surface area contributed by atoms with Gasteiger partial charge >= 0.3 is 5.97 Å². The van der Waals surface area contributed by atoms with E-state index in [2.05, 4.69) is 10.1 Å². The molecule has 0 fully saturated rings. The number of halogens is 1. The smallest absolute Gasteiger partial charge is 0.328 e. The van der Waals surface area contributed by atoms with Crippen LogP contribution < -0.4 is 11.1 Å². The van der Waals surface area contributed by atoms with Crippen molar-refractivity contribution in [3.8, 4) is 0 Å². The molecule has 1 aromatic carbocycles. The summed E-state index contributed by atoms with van der Waals surface area (Å²) < 4.78 is 4.60. The number of nitrogen functional groups attached to an aromatic ring is 1. The van der Waals surface area contributed by atoms with Gasteiger partial charge in [0.2, 0.25) is 5.91 Å². The molecule has 0 aliphatic heterocycles. The summed E-state index contributed by atoms with van der Waals surface area (Å²) in [6.45, 7) is 1.81. The number of carbonyl (C=O) groups excluding carboxylic acids is 2. The van der Waals surface area contributed by atoms with Gasteiger partial charge in [0.1, 0.15) is 6.04 Å². The molecule has 1 aromatic rings. The molecule has 6 heteroatoms. The van der Waals surface area contributed by atoms with E-state index >= 15 is 0 Å². The summed E-state index contributed by atoms with van der Waals surface area (Å²) >= 11 is 0. The van der Waals surface area contributed by atoms with Gasteiger partial charge in [-0.05, 0) is 24.1 Å². The quantitative estimate of drug-likeness (QED) is 0.631. The summed E-state index contributed by atoms with van der Waals surface area (Å²) in [5.41, 5.74) is 7.06. The minimum Gasteiger partial charge on any atom is -0.467 e. The molecule has 0 aliphatic carbocycles. The molecular formula is C13H19ClN2O3. The van der Waals surface area contributed by atoms with Crippen LogP contribution in [0.25, 0.3) is 0 Å². The molecule has 0 aliphatic rings. The largest absolute Gasteiger partial charge is 0.467 e. The van der Waals surface area contributed by atoms with Gasteiger partial charge in [-0.1, -0.05) is 19.1 Å². The third-order valence-corrected chi connectivity index (χ3v) is 2.57. The third kappa shape index (κ3) is 5.61. The molecule has 5 nitrogen and oxygen atoms in total. The fourth-order valence-corrected chi connectivity index (χ4v) is 1.54. The van der Waals surface area contributed by atoms with Crippen molar-refractivity contribution in [1.29, 1.82) is 0 Å². The summed E-state index contributed by atoms with van der Waals surface area (Å²) in [7, 11) is 1.30. The minimum absolute atomic E-state index is 0. The van der Waals surface area contributed by atoms with Gasteiger partial charge in [-0.15, -0.1) is 12.4 Å². The topological polar surface area (TPSA) is 81.4 Å². The number of methoxy groups -OCH3 is 1. The number of carbonyl (C=O) groups is 2. The molecule has 3 N–H and O–H groups in total. The van der Waals surface area contributed by atoms with E-state index < -0.39 is 12.0 Å². The molecule has 0 aromatic heterocycles. The standard InChI is InChI=1S/C13H18N2O3.ClH/c1-3-11(13(17)18-2)15-12(16)8-9-4-6-10(14)7-5-9;/h4-7,11H,3,8,14H2,1-2H3,(H,15,16);1H. The van der Waals surface area contributed by atoms with Gasteiger partial charge in [0.15, 0.2) is 0 Å². The van der Waals surface area contributed by atoms with E-state index in [9.17, 15) is 9.59 Å². The molecule has 1 atom stereocenters. The van der Waals surface area contributed by atoms with Crippen LogP contribution in [0.4, 0.5) is 5.69 Å². The highest BCUT2D eigenvalue weighted by molar-refractivity contribution is 5.85. The van der Waals surface area contributed by atoms with Crippen molar-refractivity contribution in [1.82, 2.24) is 5.32 Å². The summed E-state index contributed by atoms with van der Waals surface area (Å²) in [6, 6.07) is 6.46. The highest BCUT2D eigenvalue weighted by atomic mass is 35.5. The lowest BCUT2D eigenvalue weighted by molar-refractivity contribution is -0.145. The molecule has 0 bridgehead atoms. The zero-order valence-electron chi connectivity index (χ0n) is 11.0. The number of ether oxygens (including phenoxy) is 1. The Kier molecular flexibility index (Phi) is 7.60. The van der Waals surface area contributed by atoms with Crippen LogP contribution in [0.15, 0.2) is 24.3 Å². The third-order valence-electron chi connectivity index (χ3n) is 2.57. The van der Waals surface area contributed by atoms with Crippen molar-refractivity contribution in [2.45, 2.75) is 25.8 Å². The SMILES string of the molecule is CCC(NC(=O)Cc1ccc(N)cc1)C(=O)OC.Cl. The van der Waals surface area contributed by atoms with Gasteiger partial charge in [0.05, 0.1) is 13.5 Å². The number of anilines is 1. The second-order valence-corrected chi connectivity index (χ2v) is 3.97. The fourth-order valence-electron chi connectivity index (χ4n) is 1.54. The van der Waals surface area contributed by atoms with Crippen LogP contribution in [-0.2, 0) is 20.7 Å². The number of hydrogen-bond acceptors (Lipinski definition) is 4. The van der Waals surface area contributed by atoms with E-state index in [0.717, 1.165) is 5.56 Å². The van der Waals surface area contributed by atoms with Crippen molar-refractivity contribution < 1.29 is 14.3 Å². The molecule has 0 spiro atoms. The van der Waals surface area contributed by atoms with Crippen LogP contribution in [0.1, 0.15) is 18.9 Å². The molecule has 19 heavy (non-hydrogen) atoms. The molecule has 0 saturated carbocycles. The van der Waals surface area contributed by atoms with Crippen LogP contribution in [0.2, 0.25) is 0 Å². The average Bonchev–Trinajstić information content (AvgIpc) is 2.37.